The summed E-state index contributed by atoms with van der Waals surface area (Å²) in [7, 11) is 4.44. The predicted molar refractivity (Wildman–Crippen MR) is 151 cm³/mol. The van der Waals surface area contributed by atoms with E-state index in [1.165, 1.54) is 21.2 Å². The lowest BCUT2D eigenvalue weighted by Crippen LogP contribution is -2.10. The lowest BCUT2D eigenvalue weighted by Gasteiger charge is -2.10. The third-order valence-electron chi connectivity index (χ3n) is 5.23. The van der Waals surface area contributed by atoms with E-state index < -0.39 is 0 Å². The third-order valence-corrected chi connectivity index (χ3v) is 8.04. The summed E-state index contributed by atoms with van der Waals surface area (Å²) >= 11 is 0. The molecule has 0 aromatic heterocycles. The maximum atomic E-state index is 5.53. The second-order valence-corrected chi connectivity index (χ2v) is 10.1. The Hall–Kier alpha value is -3.25. The first-order valence-corrected chi connectivity index (χ1v) is 13.0. The lowest BCUT2D eigenvalue weighted by atomic mass is 10.2. The Morgan fingerprint density at radius 3 is 1.56 bits per heavy atom. The fourth-order valence-corrected chi connectivity index (χ4v) is 6.03. The molecule has 34 heavy (non-hydrogen) atoms. The highest BCUT2D eigenvalue weighted by atomic mass is 31.1. The normalized spacial score (nSPS) is 11.9. The van der Waals surface area contributed by atoms with E-state index in [9.17, 15) is 0 Å². The number of rotatable bonds is 9. The molecule has 0 saturated heterocycles. The summed E-state index contributed by atoms with van der Waals surface area (Å²) in [5, 5.41) is 4.88. The van der Waals surface area contributed by atoms with Gasteiger partial charge in [-0.1, -0.05) is 102 Å². The summed E-state index contributed by atoms with van der Waals surface area (Å²) in [5.41, 5.74) is 2.27. The van der Waals surface area contributed by atoms with Crippen LogP contribution in [0, 0.1) is 0 Å². The summed E-state index contributed by atoms with van der Waals surface area (Å²) in [5.74, 6) is 1.84. The maximum Gasteiger partial charge on any atom is 0.126 e. The molecule has 4 aromatic carbocycles. The average molecular weight is 483 g/mol. The van der Waals surface area contributed by atoms with Crippen molar-refractivity contribution in [2.24, 2.45) is 4.99 Å². The Labute approximate surface area is 205 Å². The number of ether oxygens (including phenoxy) is 2. The van der Waals surface area contributed by atoms with Crippen LogP contribution in [-0.2, 0) is 0 Å². The van der Waals surface area contributed by atoms with Gasteiger partial charge in [-0.3, -0.25) is 4.99 Å². The molecule has 0 amide bonds. The van der Waals surface area contributed by atoms with Gasteiger partial charge in [0.05, 0.1) is 14.2 Å². The van der Waals surface area contributed by atoms with Gasteiger partial charge in [0.1, 0.15) is 11.5 Å². The first-order chi connectivity index (χ1) is 16.8. The molecule has 4 aromatic rings. The molecule has 0 spiro atoms. The fourth-order valence-electron chi connectivity index (χ4n) is 3.51. The van der Waals surface area contributed by atoms with Crippen molar-refractivity contribution >= 4 is 50.7 Å². The van der Waals surface area contributed by atoms with Gasteiger partial charge in [0.15, 0.2) is 0 Å². The Morgan fingerprint density at radius 1 is 0.559 bits per heavy atom. The first kappa shape index (κ1) is 23.9. The Morgan fingerprint density at radius 2 is 1.00 bits per heavy atom. The van der Waals surface area contributed by atoms with E-state index in [1.54, 1.807) is 14.2 Å². The largest absolute Gasteiger partial charge is 0.496 e. The Balaban J connectivity index is 1.51. The number of benzene rings is 4. The van der Waals surface area contributed by atoms with E-state index >= 15 is 0 Å². The SMILES string of the molecule is COc1ccccc1Pc1ccccc1/C=C\N=C/c1ccccc1Pc1ccccc1OC. The zero-order chi connectivity index (χ0) is 23.6. The van der Waals surface area contributed by atoms with Crippen molar-refractivity contribution in [3.05, 3.63) is 114 Å². The quantitative estimate of drug-likeness (QED) is 0.246. The molecule has 170 valence electrons. The van der Waals surface area contributed by atoms with E-state index in [1.807, 2.05) is 48.8 Å². The molecule has 5 heteroatoms. The second-order valence-electron chi connectivity index (χ2n) is 7.42. The van der Waals surface area contributed by atoms with Gasteiger partial charge in [0.2, 0.25) is 0 Å². The van der Waals surface area contributed by atoms with Crippen molar-refractivity contribution in [2.75, 3.05) is 14.2 Å². The fraction of sp³-hybridized carbons (Fsp3) is 0.0690. The van der Waals surface area contributed by atoms with Crippen LogP contribution in [0.1, 0.15) is 11.1 Å². The van der Waals surface area contributed by atoms with Gasteiger partial charge in [-0.05, 0) is 34.4 Å². The highest BCUT2D eigenvalue weighted by molar-refractivity contribution is 7.56. The van der Waals surface area contributed by atoms with E-state index in [4.69, 9.17) is 9.47 Å². The van der Waals surface area contributed by atoms with Gasteiger partial charge >= 0.3 is 0 Å². The summed E-state index contributed by atoms with van der Waals surface area (Å²) in [6, 6.07) is 33.1. The van der Waals surface area contributed by atoms with Crippen molar-refractivity contribution in [3.8, 4) is 11.5 Å². The minimum atomic E-state index is 0.495. The lowest BCUT2D eigenvalue weighted by molar-refractivity contribution is 0.418. The minimum absolute atomic E-state index is 0.495. The van der Waals surface area contributed by atoms with Crippen molar-refractivity contribution in [1.82, 2.24) is 0 Å². The molecule has 4 rings (SSSR count). The number of hydrogen-bond acceptors (Lipinski definition) is 3. The monoisotopic (exact) mass is 483 g/mol. The second kappa shape index (κ2) is 12.3. The molecule has 0 fully saturated rings. The number of aliphatic imine (C=N–C) groups is 1. The van der Waals surface area contributed by atoms with Gasteiger partial charge in [0, 0.05) is 28.6 Å². The smallest absolute Gasteiger partial charge is 0.126 e. The molecule has 0 aliphatic carbocycles. The van der Waals surface area contributed by atoms with Crippen molar-refractivity contribution < 1.29 is 9.47 Å². The van der Waals surface area contributed by atoms with Crippen molar-refractivity contribution in [3.63, 3.8) is 0 Å². The average Bonchev–Trinajstić information content (AvgIpc) is 2.89. The van der Waals surface area contributed by atoms with Gasteiger partial charge in [0.25, 0.3) is 0 Å². The predicted octanol–water partition coefficient (Wildman–Crippen LogP) is 5.05. The van der Waals surface area contributed by atoms with Gasteiger partial charge in [-0.2, -0.15) is 0 Å². The maximum absolute atomic E-state index is 5.53. The van der Waals surface area contributed by atoms with Crippen LogP contribution in [0.5, 0.6) is 11.5 Å². The number of methoxy groups -OCH3 is 2. The molecule has 0 N–H and O–H groups in total. The van der Waals surface area contributed by atoms with Gasteiger partial charge in [-0.25, -0.2) is 0 Å². The van der Waals surface area contributed by atoms with Gasteiger partial charge in [-0.15, -0.1) is 0 Å². The molecule has 0 radical (unpaired) electrons. The van der Waals surface area contributed by atoms with Crippen LogP contribution in [0.25, 0.3) is 6.08 Å². The molecule has 2 atom stereocenters. The van der Waals surface area contributed by atoms with Crippen LogP contribution in [0.15, 0.2) is 108 Å². The van der Waals surface area contributed by atoms with Crippen LogP contribution in [0.3, 0.4) is 0 Å². The van der Waals surface area contributed by atoms with Gasteiger partial charge < -0.3 is 9.47 Å². The van der Waals surface area contributed by atoms with E-state index in [-0.39, 0.29) is 0 Å². The molecule has 0 aliphatic rings. The van der Waals surface area contributed by atoms with Crippen molar-refractivity contribution in [1.29, 1.82) is 0 Å². The zero-order valence-electron chi connectivity index (χ0n) is 19.2. The topological polar surface area (TPSA) is 30.8 Å². The van der Waals surface area contributed by atoms with E-state index in [0.29, 0.717) is 17.2 Å². The molecule has 0 saturated carbocycles. The Bertz CT molecular complexity index is 1200. The van der Waals surface area contributed by atoms with Crippen LogP contribution < -0.4 is 30.7 Å². The third kappa shape index (κ3) is 6.20. The molecule has 2 unspecified atom stereocenters. The Kier molecular flexibility index (Phi) is 8.63. The zero-order valence-corrected chi connectivity index (χ0v) is 21.2. The number of para-hydroxylation sites is 2. The highest BCUT2D eigenvalue weighted by Crippen LogP contribution is 2.22. The molecule has 0 bridgehead atoms. The summed E-state index contributed by atoms with van der Waals surface area (Å²) in [6.07, 6.45) is 5.87. The first-order valence-electron chi connectivity index (χ1n) is 11.0. The van der Waals surface area contributed by atoms with Crippen molar-refractivity contribution in [2.45, 2.75) is 0 Å². The van der Waals surface area contributed by atoms with Crippen LogP contribution in [-0.4, -0.2) is 20.4 Å². The minimum Gasteiger partial charge on any atom is -0.496 e. The number of nitrogens with zero attached hydrogens (tertiary/aromatic N) is 1. The van der Waals surface area contributed by atoms with E-state index in [0.717, 1.165) is 22.6 Å². The van der Waals surface area contributed by atoms with Crippen LogP contribution in [0.2, 0.25) is 0 Å². The molecular weight excluding hydrogens is 456 g/mol. The molecular formula is C29H27NO2P2. The number of hydrogen-bond donors (Lipinski definition) is 0. The molecule has 0 heterocycles. The summed E-state index contributed by atoms with van der Waals surface area (Å²) in [6.45, 7) is 0. The standard InChI is InChI=1S/C29H27NO2P2/c1-31-24-13-5-9-17-28(24)33-26-15-7-3-11-22(26)19-20-30-21-23-12-4-8-16-27(23)34-29-18-10-6-14-25(29)32-2/h3-21,33-34H,1-2H3/b20-19-,30-21-. The van der Waals surface area contributed by atoms with Crippen LogP contribution in [0.4, 0.5) is 0 Å². The molecule has 0 aliphatic heterocycles. The van der Waals surface area contributed by atoms with E-state index in [2.05, 4.69) is 71.7 Å². The highest BCUT2D eigenvalue weighted by Gasteiger charge is 2.07. The van der Waals surface area contributed by atoms with Crippen LogP contribution >= 0.6 is 17.2 Å². The summed E-state index contributed by atoms with van der Waals surface area (Å²) < 4.78 is 11.1. The molecule has 3 nitrogen and oxygen atoms in total. The summed E-state index contributed by atoms with van der Waals surface area (Å²) in [4.78, 5) is 4.61.